The van der Waals surface area contributed by atoms with Gasteiger partial charge in [-0.2, -0.15) is 0 Å². The number of carbonyl (C=O) groups is 1. The SMILES string of the molecule is CCC(C(=O)O)N(Cc1ccccc1)Cc1cccc(O)c1. The van der Waals surface area contributed by atoms with Crippen LogP contribution in [-0.2, 0) is 17.9 Å². The van der Waals surface area contributed by atoms with Gasteiger partial charge in [0.25, 0.3) is 0 Å². The van der Waals surface area contributed by atoms with Gasteiger partial charge < -0.3 is 10.2 Å². The Morgan fingerprint density at radius 1 is 1.05 bits per heavy atom. The molecule has 2 aromatic rings. The molecule has 0 heterocycles. The molecule has 1 atom stereocenters. The van der Waals surface area contributed by atoms with E-state index in [1.165, 1.54) is 0 Å². The first-order valence-corrected chi connectivity index (χ1v) is 7.39. The zero-order chi connectivity index (χ0) is 15.9. The monoisotopic (exact) mass is 299 g/mol. The van der Waals surface area contributed by atoms with Gasteiger partial charge in [-0.25, -0.2) is 0 Å². The third kappa shape index (κ3) is 4.33. The summed E-state index contributed by atoms with van der Waals surface area (Å²) in [5.74, 6) is -0.626. The van der Waals surface area contributed by atoms with Gasteiger partial charge in [0.15, 0.2) is 0 Å². The summed E-state index contributed by atoms with van der Waals surface area (Å²) in [7, 11) is 0. The molecular weight excluding hydrogens is 278 g/mol. The van der Waals surface area contributed by atoms with Crippen LogP contribution in [0.3, 0.4) is 0 Å². The third-order valence-electron chi connectivity index (χ3n) is 3.64. The maximum atomic E-state index is 11.5. The molecule has 0 aliphatic carbocycles. The number of aromatic hydroxyl groups is 1. The number of phenols is 1. The molecule has 116 valence electrons. The predicted octanol–water partition coefficient (Wildman–Crippen LogP) is 3.26. The summed E-state index contributed by atoms with van der Waals surface area (Å²) in [6.45, 7) is 2.91. The molecule has 0 fully saturated rings. The molecule has 0 aliphatic heterocycles. The van der Waals surface area contributed by atoms with E-state index in [1.807, 2.05) is 48.2 Å². The minimum Gasteiger partial charge on any atom is -0.508 e. The predicted molar refractivity (Wildman–Crippen MR) is 85.5 cm³/mol. The van der Waals surface area contributed by atoms with Crippen LogP contribution in [-0.4, -0.2) is 27.1 Å². The van der Waals surface area contributed by atoms with E-state index in [0.29, 0.717) is 19.5 Å². The first-order valence-electron chi connectivity index (χ1n) is 7.39. The number of nitrogens with zero attached hydrogens (tertiary/aromatic N) is 1. The van der Waals surface area contributed by atoms with Gasteiger partial charge in [0, 0.05) is 13.1 Å². The Bertz CT molecular complexity index is 613. The highest BCUT2D eigenvalue weighted by Crippen LogP contribution is 2.18. The molecule has 2 aromatic carbocycles. The van der Waals surface area contributed by atoms with Gasteiger partial charge >= 0.3 is 5.97 Å². The van der Waals surface area contributed by atoms with E-state index in [2.05, 4.69) is 0 Å². The van der Waals surface area contributed by atoms with Gasteiger partial charge in [-0.3, -0.25) is 9.69 Å². The van der Waals surface area contributed by atoms with E-state index in [4.69, 9.17) is 0 Å². The molecule has 0 saturated carbocycles. The van der Waals surface area contributed by atoms with Crippen LogP contribution in [0.5, 0.6) is 5.75 Å². The molecular formula is C18H21NO3. The second-order valence-electron chi connectivity index (χ2n) is 5.32. The highest BCUT2D eigenvalue weighted by Gasteiger charge is 2.24. The Kier molecular flexibility index (Phi) is 5.55. The van der Waals surface area contributed by atoms with Gasteiger partial charge in [-0.05, 0) is 29.7 Å². The molecule has 22 heavy (non-hydrogen) atoms. The van der Waals surface area contributed by atoms with E-state index in [-0.39, 0.29) is 5.75 Å². The smallest absolute Gasteiger partial charge is 0.320 e. The second-order valence-corrected chi connectivity index (χ2v) is 5.32. The van der Waals surface area contributed by atoms with Crippen LogP contribution < -0.4 is 0 Å². The van der Waals surface area contributed by atoms with E-state index in [0.717, 1.165) is 11.1 Å². The summed E-state index contributed by atoms with van der Waals surface area (Å²) in [6, 6.07) is 16.2. The van der Waals surface area contributed by atoms with Crippen LogP contribution in [0.15, 0.2) is 54.6 Å². The molecule has 1 unspecified atom stereocenters. The molecule has 2 N–H and O–H groups in total. The van der Waals surface area contributed by atoms with Crippen molar-refractivity contribution in [3.05, 3.63) is 65.7 Å². The fourth-order valence-corrected chi connectivity index (χ4v) is 2.57. The van der Waals surface area contributed by atoms with Crippen LogP contribution in [0, 0.1) is 0 Å². The maximum Gasteiger partial charge on any atom is 0.320 e. The average Bonchev–Trinajstić information content (AvgIpc) is 2.48. The highest BCUT2D eigenvalue weighted by molar-refractivity contribution is 5.73. The summed E-state index contributed by atoms with van der Waals surface area (Å²) in [6.07, 6.45) is 0.529. The normalized spacial score (nSPS) is 12.3. The van der Waals surface area contributed by atoms with Crippen molar-refractivity contribution in [3.63, 3.8) is 0 Å². The Morgan fingerprint density at radius 2 is 1.68 bits per heavy atom. The van der Waals surface area contributed by atoms with Crippen molar-refractivity contribution in [2.75, 3.05) is 0 Å². The molecule has 2 rings (SSSR count). The average molecular weight is 299 g/mol. The van der Waals surface area contributed by atoms with Crippen LogP contribution in [0.1, 0.15) is 24.5 Å². The maximum absolute atomic E-state index is 11.5. The Labute approximate surface area is 130 Å². The van der Waals surface area contributed by atoms with Crippen molar-refractivity contribution in [2.45, 2.75) is 32.5 Å². The van der Waals surface area contributed by atoms with Crippen LogP contribution in [0.2, 0.25) is 0 Å². The molecule has 0 saturated heterocycles. The topological polar surface area (TPSA) is 60.8 Å². The Balaban J connectivity index is 2.22. The largest absolute Gasteiger partial charge is 0.508 e. The highest BCUT2D eigenvalue weighted by atomic mass is 16.4. The minimum absolute atomic E-state index is 0.195. The molecule has 0 radical (unpaired) electrons. The molecule has 0 spiro atoms. The zero-order valence-corrected chi connectivity index (χ0v) is 12.6. The van der Waals surface area contributed by atoms with Gasteiger partial charge in [0.1, 0.15) is 11.8 Å². The van der Waals surface area contributed by atoms with E-state index < -0.39 is 12.0 Å². The molecule has 0 amide bonds. The fraction of sp³-hybridized carbons (Fsp3) is 0.278. The number of carboxylic acid groups (broad SMARTS) is 1. The molecule has 0 bridgehead atoms. The van der Waals surface area contributed by atoms with Crippen LogP contribution in [0.4, 0.5) is 0 Å². The Hall–Kier alpha value is -2.33. The van der Waals surface area contributed by atoms with Crippen LogP contribution >= 0.6 is 0 Å². The van der Waals surface area contributed by atoms with Gasteiger partial charge in [0.2, 0.25) is 0 Å². The summed E-state index contributed by atoms with van der Waals surface area (Å²) >= 11 is 0. The number of rotatable bonds is 7. The molecule has 4 heteroatoms. The van der Waals surface area contributed by atoms with E-state index in [9.17, 15) is 15.0 Å². The molecule has 4 nitrogen and oxygen atoms in total. The Morgan fingerprint density at radius 3 is 2.27 bits per heavy atom. The molecule has 0 aromatic heterocycles. The lowest BCUT2D eigenvalue weighted by Crippen LogP contribution is -2.39. The van der Waals surface area contributed by atoms with Gasteiger partial charge in [0.05, 0.1) is 0 Å². The lowest BCUT2D eigenvalue weighted by molar-refractivity contribution is -0.144. The number of hydrogen-bond donors (Lipinski definition) is 2. The first kappa shape index (κ1) is 16.0. The number of benzene rings is 2. The van der Waals surface area contributed by atoms with Crippen molar-refractivity contribution in [1.82, 2.24) is 4.90 Å². The van der Waals surface area contributed by atoms with Gasteiger partial charge in [-0.1, -0.05) is 49.4 Å². The van der Waals surface area contributed by atoms with Crippen molar-refractivity contribution >= 4 is 5.97 Å². The van der Waals surface area contributed by atoms with Crippen molar-refractivity contribution in [2.24, 2.45) is 0 Å². The standard InChI is InChI=1S/C18H21NO3/c1-2-17(18(21)22)19(12-14-7-4-3-5-8-14)13-15-9-6-10-16(20)11-15/h3-11,17,20H,2,12-13H2,1H3,(H,21,22). The van der Waals surface area contributed by atoms with E-state index in [1.54, 1.807) is 18.2 Å². The van der Waals surface area contributed by atoms with Gasteiger partial charge in [-0.15, -0.1) is 0 Å². The summed E-state index contributed by atoms with van der Waals surface area (Å²) in [5, 5.41) is 19.0. The van der Waals surface area contributed by atoms with Crippen LogP contribution in [0.25, 0.3) is 0 Å². The summed E-state index contributed by atoms with van der Waals surface area (Å²) in [4.78, 5) is 13.5. The summed E-state index contributed by atoms with van der Waals surface area (Å²) < 4.78 is 0. The lowest BCUT2D eigenvalue weighted by atomic mass is 10.1. The summed E-state index contributed by atoms with van der Waals surface area (Å²) in [5.41, 5.74) is 1.97. The first-order chi connectivity index (χ1) is 10.6. The number of aliphatic carboxylic acids is 1. The third-order valence-corrected chi connectivity index (χ3v) is 3.64. The zero-order valence-electron chi connectivity index (χ0n) is 12.6. The van der Waals surface area contributed by atoms with Crippen molar-refractivity contribution in [3.8, 4) is 5.75 Å². The van der Waals surface area contributed by atoms with E-state index >= 15 is 0 Å². The number of hydrogen-bond acceptors (Lipinski definition) is 3. The number of carboxylic acids is 1. The molecule has 0 aliphatic rings. The lowest BCUT2D eigenvalue weighted by Gasteiger charge is -2.28. The quantitative estimate of drug-likeness (QED) is 0.824. The second kappa shape index (κ2) is 7.61. The number of phenolic OH excluding ortho intramolecular Hbond substituents is 1. The fourth-order valence-electron chi connectivity index (χ4n) is 2.57. The van der Waals surface area contributed by atoms with Crippen molar-refractivity contribution in [1.29, 1.82) is 0 Å². The minimum atomic E-state index is -0.821. The van der Waals surface area contributed by atoms with Crippen molar-refractivity contribution < 1.29 is 15.0 Å².